The third-order valence-corrected chi connectivity index (χ3v) is 3.52. The van der Waals surface area contributed by atoms with Crippen molar-refractivity contribution in [3.8, 4) is 6.07 Å². The van der Waals surface area contributed by atoms with Crippen molar-refractivity contribution in [3.05, 3.63) is 63.2 Å². The predicted octanol–water partition coefficient (Wildman–Crippen LogP) is 3.95. The highest BCUT2D eigenvalue weighted by Crippen LogP contribution is 2.31. The number of pyridine rings is 2. The molecule has 0 aliphatic heterocycles. The molecule has 0 saturated carbocycles. The molecule has 1 N–H and O–H groups in total. The fourth-order valence-corrected chi connectivity index (χ4v) is 2.29. The molecule has 0 saturated heterocycles. The van der Waals surface area contributed by atoms with Crippen LogP contribution < -0.4 is 5.32 Å². The van der Waals surface area contributed by atoms with E-state index < -0.39 is 10.7 Å². The van der Waals surface area contributed by atoms with Gasteiger partial charge in [0.15, 0.2) is 5.65 Å². The van der Waals surface area contributed by atoms with Gasteiger partial charge in [-0.25, -0.2) is 14.4 Å². The highest BCUT2D eigenvalue weighted by molar-refractivity contribution is 6.31. The number of nitriles is 1. The number of hydrogen-bond donors (Lipinski definition) is 1. The number of nitro groups is 1. The standard InChI is InChI=1S/C15H7ClFN5O2/c16-12-3-9(1-2-13(12)17)21-14-8(5-18)6-19-15-11(14)4-10(7-20-15)22(23)24/h1-4,6-7H,(H,19,20,21). The summed E-state index contributed by atoms with van der Waals surface area (Å²) in [6.45, 7) is 0. The molecule has 0 bridgehead atoms. The SMILES string of the molecule is N#Cc1cnc2ncc([N+](=O)[O-])cc2c1Nc1ccc(F)c(Cl)c1. The van der Waals surface area contributed by atoms with Crippen LogP contribution in [0.4, 0.5) is 21.5 Å². The minimum atomic E-state index is -0.593. The van der Waals surface area contributed by atoms with Gasteiger partial charge in [0.1, 0.15) is 18.1 Å². The average Bonchev–Trinajstić information content (AvgIpc) is 2.58. The maximum Gasteiger partial charge on any atom is 0.288 e. The highest BCUT2D eigenvalue weighted by atomic mass is 35.5. The second kappa shape index (κ2) is 6.06. The van der Waals surface area contributed by atoms with Crippen LogP contribution in [0.5, 0.6) is 0 Å². The van der Waals surface area contributed by atoms with Crippen LogP contribution in [-0.2, 0) is 0 Å². The third-order valence-electron chi connectivity index (χ3n) is 3.23. The van der Waals surface area contributed by atoms with Crippen molar-refractivity contribution in [3.63, 3.8) is 0 Å². The van der Waals surface area contributed by atoms with Crippen LogP contribution in [0, 0.1) is 27.3 Å². The van der Waals surface area contributed by atoms with Gasteiger partial charge in [0.05, 0.1) is 26.6 Å². The van der Waals surface area contributed by atoms with Gasteiger partial charge in [0, 0.05) is 18.0 Å². The second-order valence-corrected chi connectivity index (χ2v) is 5.14. The molecule has 0 aliphatic rings. The van der Waals surface area contributed by atoms with Crippen molar-refractivity contribution in [1.29, 1.82) is 5.26 Å². The molecular weight excluding hydrogens is 337 g/mol. The Hall–Kier alpha value is -3.31. The van der Waals surface area contributed by atoms with Crippen molar-refractivity contribution >= 4 is 39.7 Å². The zero-order chi connectivity index (χ0) is 17.3. The summed E-state index contributed by atoms with van der Waals surface area (Å²) in [6.07, 6.45) is 2.38. The molecule has 2 aromatic heterocycles. The van der Waals surface area contributed by atoms with Crippen molar-refractivity contribution in [2.45, 2.75) is 0 Å². The first-order chi connectivity index (χ1) is 11.5. The zero-order valence-corrected chi connectivity index (χ0v) is 12.6. The molecule has 0 atom stereocenters. The number of rotatable bonds is 3. The lowest BCUT2D eigenvalue weighted by Crippen LogP contribution is -1.99. The first-order valence-corrected chi connectivity index (χ1v) is 6.92. The Labute approximate surface area is 139 Å². The van der Waals surface area contributed by atoms with Gasteiger partial charge < -0.3 is 5.32 Å². The first kappa shape index (κ1) is 15.6. The van der Waals surface area contributed by atoms with Gasteiger partial charge in [0.2, 0.25) is 0 Å². The molecule has 0 fully saturated rings. The van der Waals surface area contributed by atoms with E-state index in [-0.39, 0.29) is 27.6 Å². The normalized spacial score (nSPS) is 10.4. The highest BCUT2D eigenvalue weighted by Gasteiger charge is 2.15. The Kier molecular flexibility index (Phi) is 3.93. The molecule has 7 nitrogen and oxygen atoms in total. The molecule has 0 aliphatic carbocycles. The van der Waals surface area contributed by atoms with Gasteiger partial charge in [-0.15, -0.1) is 0 Å². The Morgan fingerprint density at radius 3 is 2.71 bits per heavy atom. The average molecular weight is 344 g/mol. The Balaban J connectivity index is 2.19. The summed E-state index contributed by atoms with van der Waals surface area (Å²) in [5.74, 6) is -0.584. The lowest BCUT2D eigenvalue weighted by atomic mass is 10.1. The minimum Gasteiger partial charge on any atom is -0.354 e. The molecule has 2 heterocycles. The molecule has 1 aromatic carbocycles. The number of benzene rings is 1. The van der Waals surface area contributed by atoms with Gasteiger partial charge in [0.25, 0.3) is 5.69 Å². The number of nitrogens with zero attached hydrogens (tertiary/aromatic N) is 4. The summed E-state index contributed by atoms with van der Waals surface area (Å²) in [4.78, 5) is 18.3. The topological polar surface area (TPSA) is 105 Å². The second-order valence-electron chi connectivity index (χ2n) is 4.73. The summed E-state index contributed by atoms with van der Waals surface area (Å²) in [7, 11) is 0. The molecule has 0 unspecified atom stereocenters. The van der Waals surface area contributed by atoms with Crippen LogP contribution in [0.25, 0.3) is 11.0 Å². The summed E-state index contributed by atoms with van der Waals surface area (Å²) in [6, 6.07) is 7.16. The molecule has 0 amide bonds. The van der Waals surface area contributed by atoms with E-state index in [1.807, 2.05) is 6.07 Å². The number of fused-ring (bicyclic) bond motifs is 1. The molecule has 3 aromatic rings. The Morgan fingerprint density at radius 1 is 1.29 bits per heavy atom. The fraction of sp³-hybridized carbons (Fsp3) is 0. The Bertz CT molecular complexity index is 1020. The summed E-state index contributed by atoms with van der Waals surface area (Å²) in [5, 5.41) is 23.3. The smallest absolute Gasteiger partial charge is 0.288 e. The van der Waals surface area contributed by atoms with Crippen LogP contribution in [0.2, 0.25) is 5.02 Å². The molecule has 3 rings (SSSR count). The maximum absolute atomic E-state index is 13.3. The van der Waals surface area contributed by atoms with Crippen LogP contribution in [0.3, 0.4) is 0 Å². The van der Waals surface area contributed by atoms with E-state index in [1.54, 1.807) is 0 Å². The number of hydrogen-bond acceptors (Lipinski definition) is 6. The van der Waals surface area contributed by atoms with Crippen molar-refractivity contribution in [2.24, 2.45) is 0 Å². The van der Waals surface area contributed by atoms with Crippen LogP contribution in [0.1, 0.15) is 5.56 Å². The molecule has 118 valence electrons. The van der Waals surface area contributed by atoms with Gasteiger partial charge in [-0.2, -0.15) is 5.26 Å². The van der Waals surface area contributed by atoms with Gasteiger partial charge in [-0.1, -0.05) is 11.6 Å². The van der Waals surface area contributed by atoms with Crippen molar-refractivity contribution in [2.75, 3.05) is 5.32 Å². The zero-order valence-electron chi connectivity index (χ0n) is 11.8. The predicted molar refractivity (Wildman–Crippen MR) is 85.6 cm³/mol. The van der Waals surface area contributed by atoms with E-state index in [2.05, 4.69) is 15.3 Å². The first-order valence-electron chi connectivity index (χ1n) is 6.55. The molecule has 0 spiro atoms. The van der Waals surface area contributed by atoms with E-state index in [1.165, 1.54) is 30.5 Å². The van der Waals surface area contributed by atoms with Crippen LogP contribution >= 0.6 is 11.6 Å². The van der Waals surface area contributed by atoms with Crippen molar-refractivity contribution < 1.29 is 9.31 Å². The van der Waals surface area contributed by atoms with Crippen LogP contribution in [-0.4, -0.2) is 14.9 Å². The van der Waals surface area contributed by atoms with Gasteiger partial charge in [-0.05, 0) is 18.2 Å². The lowest BCUT2D eigenvalue weighted by molar-refractivity contribution is -0.385. The van der Waals surface area contributed by atoms with Crippen LogP contribution in [0.15, 0.2) is 36.7 Å². The largest absolute Gasteiger partial charge is 0.354 e. The van der Waals surface area contributed by atoms with Gasteiger partial charge >= 0.3 is 0 Å². The number of halogens is 2. The van der Waals surface area contributed by atoms with Gasteiger partial charge in [-0.3, -0.25) is 10.1 Å². The molecule has 0 radical (unpaired) electrons. The summed E-state index contributed by atoms with van der Waals surface area (Å²) in [5.41, 5.74) is 0.846. The number of nitrogens with one attached hydrogen (secondary N) is 1. The monoisotopic (exact) mass is 343 g/mol. The number of aromatic nitrogens is 2. The minimum absolute atomic E-state index is 0.0963. The molecular formula is C15H7ClFN5O2. The summed E-state index contributed by atoms with van der Waals surface area (Å²) >= 11 is 5.74. The third kappa shape index (κ3) is 2.80. The molecule has 24 heavy (non-hydrogen) atoms. The maximum atomic E-state index is 13.3. The quantitative estimate of drug-likeness (QED) is 0.570. The van der Waals surface area contributed by atoms with E-state index in [0.717, 1.165) is 6.20 Å². The van der Waals surface area contributed by atoms with E-state index in [4.69, 9.17) is 11.6 Å². The van der Waals surface area contributed by atoms with E-state index in [0.29, 0.717) is 11.1 Å². The van der Waals surface area contributed by atoms with E-state index >= 15 is 0 Å². The Morgan fingerprint density at radius 2 is 2.04 bits per heavy atom. The summed E-state index contributed by atoms with van der Waals surface area (Å²) < 4.78 is 13.3. The van der Waals surface area contributed by atoms with E-state index in [9.17, 15) is 19.8 Å². The van der Waals surface area contributed by atoms with Crippen molar-refractivity contribution in [1.82, 2.24) is 9.97 Å². The lowest BCUT2D eigenvalue weighted by Gasteiger charge is -2.11. The molecule has 9 heteroatoms. The fourth-order valence-electron chi connectivity index (χ4n) is 2.11. The number of anilines is 2.